The lowest BCUT2D eigenvalue weighted by molar-refractivity contribution is 0.0933. The molecule has 0 aliphatic carbocycles. The van der Waals surface area contributed by atoms with Crippen molar-refractivity contribution in [2.45, 2.75) is 26.4 Å². The largest absolute Gasteiger partial charge is 0.342 e. The van der Waals surface area contributed by atoms with Gasteiger partial charge in [0.1, 0.15) is 5.82 Å². The predicted molar refractivity (Wildman–Crippen MR) is 75.4 cm³/mol. The van der Waals surface area contributed by atoms with Gasteiger partial charge in [0.2, 0.25) is 0 Å². The highest BCUT2D eigenvalue weighted by atomic mass is 32.1. The number of nitrogens with one attached hydrogen (secondary N) is 2. The first kappa shape index (κ1) is 14.4. The van der Waals surface area contributed by atoms with Crippen molar-refractivity contribution in [3.8, 4) is 0 Å². The zero-order chi connectivity index (χ0) is 14.7. The molecule has 2 N–H and O–H groups in total. The van der Waals surface area contributed by atoms with Crippen LogP contribution >= 0.6 is 12.2 Å². The van der Waals surface area contributed by atoms with Crippen LogP contribution in [0.1, 0.15) is 36.1 Å². The Morgan fingerprint density at radius 3 is 2.90 bits per heavy atom. The second-order valence-corrected chi connectivity index (χ2v) is 4.69. The van der Waals surface area contributed by atoms with Gasteiger partial charge in [-0.15, -0.1) is 0 Å². The summed E-state index contributed by atoms with van der Waals surface area (Å²) in [6.45, 7) is 4.35. The molecule has 1 aromatic carbocycles. The molecule has 0 saturated heterocycles. The Bertz CT molecular complexity index is 679. The van der Waals surface area contributed by atoms with Crippen molar-refractivity contribution in [3.63, 3.8) is 0 Å². The minimum Gasteiger partial charge on any atom is -0.342 e. The summed E-state index contributed by atoms with van der Waals surface area (Å²) in [4.78, 5) is 12.0. The number of benzene rings is 1. The van der Waals surface area contributed by atoms with Crippen LogP contribution in [0.3, 0.4) is 0 Å². The van der Waals surface area contributed by atoms with E-state index in [-0.39, 0.29) is 11.6 Å². The quantitative estimate of drug-likeness (QED) is 0.852. The van der Waals surface area contributed by atoms with Crippen LogP contribution in [-0.4, -0.2) is 20.7 Å². The number of halogens is 1. The first-order valence-electron chi connectivity index (χ1n) is 6.25. The van der Waals surface area contributed by atoms with E-state index in [0.717, 1.165) is 0 Å². The molecule has 0 saturated carbocycles. The third kappa shape index (κ3) is 2.77. The molecule has 0 spiro atoms. The fourth-order valence-electron chi connectivity index (χ4n) is 1.95. The third-order valence-electron chi connectivity index (χ3n) is 2.96. The Morgan fingerprint density at radius 2 is 2.25 bits per heavy atom. The fraction of sp³-hybridized carbons (Fsp3) is 0.308. The molecule has 1 heterocycles. The topological polar surface area (TPSA) is 62.7 Å². The lowest BCUT2D eigenvalue weighted by Crippen LogP contribution is -2.29. The van der Waals surface area contributed by atoms with E-state index in [9.17, 15) is 9.18 Å². The van der Waals surface area contributed by atoms with Crippen LogP contribution in [0.2, 0.25) is 0 Å². The minimum absolute atomic E-state index is 0.0107. The number of aromatic nitrogens is 3. The van der Waals surface area contributed by atoms with Crippen molar-refractivity contribution >= 4 is 18.1 Å². The van der Waals surface area contributed by atoms with Crippen LogP contribution < -0.4 is 5.32 Å². The molecule has 0 aliphatic heterocycles. The monoisotopic (exact) mass is 294 g/mol. The van der Waals surface area contributed by atoms with Gasteiger partial charge in [-0.3, -0.25) is 9.89 Å². The molecular formula is C13H15FN4OS. The first-order chi connectivity index (χ1) is 9.54. The van der Waals surface area contributed by atoms with E-state index in [1.807, 2.05) is 6.92 Å². The van der Waals surface area contributed by atoms with Gasteiger partial charge in [0.25, 0.3) is 5.91 Å². The molecule has 0 unspecified atom stereocenters. The second-order valence-electron chi connectivity index (χ2n) is 4.31. The van der Waals surface area contributed by atoms with Gasteiger partial charge in [0, 0.05) is 6.54 Å². The highest BCUT2D eigenvalue weighted by Gasteiger charge is 2.18. The van der Waals surface area contributed by atoms with Crippen LogP contribution in [-0.2, 0) is 6.54 Å². The maximum atomic E-state index is 13.5. The molecular weight excluding hydrogens is 279 g/mol. The van der Waals surface area contributed by atoms with Gasteiger partial charge in [-0.1, -0.05) is 12.1 Å². The van der Waals surface area contributed by atoms with E-state index in [2.05, 4.69) is 15.5 Å². The number of hydrogen-bond acceptors (Lipinski definition) is 3. The van der Waals surface area contributed by atoms with E-state index in [1.54, 1.807) is 17.6 Å². The smallest absolute Gasteiger partial charge is 0.254 e. The van der Waals surface area contributed by atoms with Crippen LogP contribution in [0.25, 0.3) is 0 Å². The number of rotatable bonds is 4. The van der Waals surface area contributed by atoms with Crippen LogP contribution in [0.4, 0.5) is 4.39 Å². The maximum Gasteiger partial charge on any atom is 0.254 e. The molecule has 0 bridgehead atoms. The Hall–Kier alpha value is -2.02. The van der Waals surface area contributed by atoms with Gasteiger partial charge in [-0.05, 0) is 38.2 Å². The number of amides is 1. The number of hydrogen-bond donors (Lipinski definition) is 2. The molecule has 106 valence electrons. The molecule has 0 radical (unpaired) electrons. The normalized spacial score (nSPS) is 12.2. The van der Waals surface area contributed by atoms with E-state index in [0.29, 0.717) is 17.1 Å². The highest BCUT2D eigenvalue weighted by molar-refractivity contribution is 7.71. The number of nitrogens with zero attached hydrogens (tertiary/aromatic N) is 2. The molecule has 2 rings (SSSR count). The van der Waals surface area contributed by atoms with Crippen molar-refractivity contribution in [1.82, 2.24) is 20.1 Å². The number of H-pyrrole nitrogens is 1. The summed E-state index contributed by atoms with van der Waals surface area (Å²) in [5.41, 5.74) is 0.0107. The first-order valence-corrected chi connectivity index (χ1v) is 6.66. The van der Waals surface area contributed by atoms with Gasteiger partial charge >= 0.3 is 0 Å². The molecule has 5 nitrogen and oxygen atoms in total. The van der Waals surface area contributed by atoms with Crippen molar-refractivity contribution in [1.29, 1.82) is 0 Å². The van der Waals surface area contributed by atoms with Crippen molar-refractivity contribution in [3.05, 3.63) is 46.2 Å². The Morgan fingerprint density at radius 1 is 1.55 bits per heavy atom. The van der Waals surface area contributed by atoms with E-state index >= 15 is 0 Å². The summed E-state index contributed by atoms with van der Waals surface area (Å²) in [6, 6.07) is 5.47. The average Bonchev–Trinajstić information content (AvgIpc) is 2.80. The van der Waals surface area contributed by atoms with Gasteiger partial charge in [0.15, 0.2) is 10.6 Å². The summed E-state index contributed by atoms with van der Waals surface area (Å²) < 4.78 is 15.8. The molecule has 7 heteroatoms. The molecule has 1 amide bonds. The molecule has 20 heavy (non-hydrogen) atoms. The molecule has 0 fully saturated rings. The van der Waals surface area contributed by atoms with Crippen LogP contribution in [0.5, 0.6) is 0 Å². The summed E-state index contributed by atoms with van der Waals surface area (Å²) in [6.07, 6.45) is 0. The van der Waals surface area contributed by atoms with Crippen LogP contribution in [0.15, 0.2) is 24.3 Å². The maximum absolute atomic E-state index is 13.5. The third-order valence-corrected chi connectivity index (χ3v) is 3.27. The lowest BCUT2D eigenvalue weighted by atomic mass is 10.2. The standard InChI is InChI=1S/C13H15FN4OS/c1-3-18-11(16-17-13(18)20)8(2)15-12(19)9-6-4-5-7-10(9)14/h4-8H,3H2,1-2H3,(H,15,19)(H,17,20)/t8-/m0/s1. The molecule has 1 atom stereocenters. The minimum atomic E-state index is -0.549. The predicted octanol–water partition coefficient (Wildman–Crippen LogP) is 2.59. The van der Waals surface area contributed by atoms with Gasteiger partial charge < -0.3 is 9.88 Å². The van der Waals surface area contributed by atoms with E-state index in [1.165, 1.54) is 18.2 Å². The lowest BCUT2D eigenvalue weighted by Gasteiger charge is -2.14. The van der Waals surface area contributed by atoms with Gasteiger partial charge in [-0.25, -0.2) is 4.39 Å². The average molecular weight is 294 g/mol. The number of aromatic amines is 1. The summed E-state index contributed by atoms with van der Waals surface area (Å²) in [7, 11) is 0. The molecule has 1 aromatic heterocycles. The zero-order valence-corrected chi connectivity index (χ0v) is 12.0. The number of carbonyl (C=O) groups excluding carboxylic acids is 1. The Labute approximate surface area is 120 Å². The Kier molecular flexibility index (Phi) is 4.29. The van der Waals surface area contributed by atoms with Crippen LogP contribution in [0, 0.1) is 10.6 Å². The van der Waals surface area contributed by atoms with Crippen molar-refractivity contribution < 1.29 is 9.18 Å². The van der Waals surface area contributed by atoms with Gasteiger partial charge in [-0.2, -0.15) is 5.10 Å². The van der Waals surface area contributed by atoms with Crippen molar-refractivity contribution in [2.75, 3.05) is 0 Å². The van der Waals surface area contributed by atoms with E-state index in [4.69, 9.17) is 12.2 Å². The number of carbonyl (C=O) groups is 1. The summed E-state index contributed by atoms with van der Waals surface area (Å²) >= 11 is 5.09. The zero-order valence-electron chi connectivity index (χ0n) is 11.2. The Balaban J connectivity index is 2.20. The highest BCUT2D eigenvalue weighted by Crippen LogP contribution is 2.12. The fourth-order valence-corrected chi connectivity index (χ4v) is 2.22. The van der Waals surface area contributed by atoms with E-state index < -0.39 is 11.7 Å². The summed E-state index contributed by atoms with van der Waals surface area (Å²) in [5, 5.41) is 9.49. The second kappa shape index (κ2) is 5.96. The summed E-state index contributed by atoms with van der Waals surface area (Å²) in [5.74, 6) is -0.416. The molecule has 2 aromatic rings. The molecule has 0 aliphatic rings. The van der Waals surface area contributed by atoms with Crippen molar-refractivity contribution in [2.24, 2.45) is 0 Å². The van der Waals surface area contributed by atoms with Gasteiger partial charge in [0.05, 0.1) is 11.6 Å². The SMILES string of the molecule is CCn1c([C@H](C)NC(=O)c2ccccc2F)n[nH]c1=S.